The van der Waals surface area contributed by atoms with Gasteiger partial charge in [0.15, 0.2) is 0 Å². The third-order valence-corrected chi connectivity index (χ3v) is 5.35. The van der Waals surface area contributed by atoms with Crippen LogP contribution in [0.15, 0.2) is 24.3 Å². The van der Waals surface area contributed by atoms with Gasteiger partial charge in [0, 0.05) is 12.1 Å². The molecule has 110 valence electrons. The molecule has 1 nitrogen and oxygen atoms in total. The average Bonchev–Trinajstić information content (AvgIpc) is 2.50. The molecule has 1 N–H and O–H groups in total. The molecule has 0 amide bonds. The SMILES string of the molecule is CCCC1CCC(NC2CCCc3ccccc32)CC1. The molecule has 0 bridgehead atoms. The fourth-order valence-corrected chi connectivity index (χ4v) is 4.24. The molecule has 0 saturated heterocycles. The molecule has 2 aliphatic carbocycles. The Bertz CT molecular complexity index is 418. The van der Waals surface area contributed by atoms with Crippen LogP contribution in [-0.2, 0) is 6.42 Å². The molecule has 3 rings (SSSR count). The van der Waals surface area contributed by atoms with Crippen molar-refractivity contribution in [1.82, 2.24) is 5.32 Å². The van der Waals surface area contributed by atoms with Crippen molar-refractivity contribution in [3.05, 3.63) is 35.4 Å². The van der Waals surface area contributed by atoms with Crippen molar-refractivity contribution >= 4 is 0 Å². The van der Waals surface area contributed by atoms with E-state index in [0.717, 1.165) is 12.0 Å². The lowest BCUT2D eigenvalue weighted by molar-refractivity contribution is 0.256. The van der Waals surface area contributed by atoms with Gasteiger partial charge in [-0.2, -0.15) is 0 Å². The van der Waals surface area contributed by atoms with E-state index in [2.05, 4.69) is 36.5 Å². The molecule has 0 aliphatic heterocycles. The van der Waals surface area contributed by atoms with Crippen molar-refractivity contribution in [3.8, 4) is 0 Å². The van der Waals surface area contributed by atoms with Crippen LogP contribution in [0.1, 0.15) is 75.5 Å². The average molecular weight is 271 g/mol. The summed E-state index contributed by atoms with van der Waals surface area (Å²) in [6.45, 7) is 2.32. The molecule has 0 aromatic heterocycles. The van der Waals surface area contributed by atoms with E-state index in [9.17, 15) is 0 Å². The number of rotatable bonds is 4. The van der Waals surface area contributed by atoms with Gasteiger partial charge >= 0.3 is 0 Å². The molecule has 0 radical (unpaired) electrons. The summed E-state index contributed by atoms with van der Waals surface area (Å²) in [7, 11) is 0. The largest absolute Gasteiger partial charge is 0.307 e. The molecule has 1 saturated carbocycles. The molecule has 2 aliphatic rings. The highest BCUT2D eigenvalue weighted by Crippen LogP contribution is 2.33. The van der Waals surface area contributed by atoms with Crippen LogP contribution in [0.4, 0.5) is 0 Å². The zero-order chi connectivity index (χ0) is 13.8. The summed E-state index contributed by atoms with van der Waals surface area (Å²) in [6.07, 6.45) is 12.4. The maximum atomic E-state index is 3.98. The summed E-state index contributed by atoms with van der Waals surface area (Å²) in [5.41, 5.74) is 3.16. The normalized spacial score (nSPS) is 29.9. The van der Waals surface area contributed by atoms with Crippen molar-refractivity contribution in [1.29, 1.82) is 0 Å². The van der Waals surface area contributed by atoms with Crippen LogP contribution < -0.4 is 5.32 Å². The van der Waals surface area contributed by atoms with Gasteiger partial charge in [-0.05, 0) is 62.0 Å². The highest BCUT2D eigenvalue weighted by molar-refractivity contribution is 5.32. The third kappa shape index (κ3) is 3.25. The number of fused-ring (bicyclic) bond motifs is 1. The van der Waals surface area contributed by atoms with Crippen LogP contribution in [0.5, 0.6) is 0 Å². The minimum atomic E-state index is 0.618. The minimum absolute atomic E-state index is 0.618. The Morgan fingerprint density at radius 2 is 1.85 bits per heavy atom. The summed E-state index contributed by atoms with van der Waals surface area (Å²) in [5.74, 6) is 1.01. The maximum absolute atomic E-state index is 3.98. The van der Waals surface area contributed by atoms with Crippen LogP contribution in [0.3, 0.4) is 0 Å². The van der Waals surface area contributed by atoms with Crippen LogP contribution in [-0.4, -0.2) is 6.04 Å². The van der Waals surface area contributed by atoms with E-state index >= 15 is 0 Å². The van der Waals surface area contributed by atoms with E-state index in [1.807, 2.05) is 0 Å². The molecule has 1 unspecified atom stereocenters. The first-order valence-corrected chi connectivity index (χ1v) is 8.70. The Kier molecular flexibility index (Phi) is 4.77. The van der Waals surface area contributed by atoms with Gasteiger partial charge < -0.3 is 5.32 Å². The second kappa shape index (κ2) is 6.76. The Morgan fingerprint density at radius 1 is 1.05 bits per heavy atom. The molecule has 1 atom stereocenters. The zero-order valence-electron chi connectivity index (χ0n) is 12.9. The maximum Gasteiger partial charge on any atom is 0.0325 e. The highest BCUT2D eigenvalue weighted by atomic mass is 15.0. The van der Waals surface area contributed by atoms with Crippen molar-refractivity contribution in [3.63, 3.8) is 0 Å². The zero-order valence-corrected chi connectivity index (χ0v) is 12.9. The first-order chi connectivity index (χ1) is 9.86. The summed E-state index contributed by atoms with van der Waals surface area (Å²) in [4.78, 5) is 0. The lowest BCUT2D eigenvalue weighted by atomic mass is 9.82. The van der Waals surface area contributed by atoms with E-state index in [1.54, 1.807) is 11.1 Å². The number of aryl methyl sites for hydroxylation is 1. The summed E-state index contributed by atoms with van der Waals surface area (Å²) >= 11 is 0. The molecule has 0 spiro atoms. The van der Waals surface area contributed by atoms with Crippen LogP contribution in [0.2, 0.25) is 0 Å². The van der Waals surface area contributed by atoms with Crippen molar-refractivity contribution in [2.45, 2.75) is 76.8 Å². The van der Waals surface area contributed by atoms with Crippen LogP contribution in [0, 0.1) is 5.92 Å². The highest BCUT2D eigenvalue weighted by Gasteiger charge is 2.25. The second-order valence-corrected chi connectivity index (χ2v) is 6.82. The minimum Gasteiger partial charge on any atom is -0.307 e. The third-order valence-electron chi connectivity index (χ3n) is 5.35. The smallest absolute Gasteiger partial charge is 0.0325 e. The number of benzene rings is 1. The monoisotopic (exact) mass is 271 g/mol. The number of nitrogens with one attached hydrogen (secondary N) is 1. The molecule has 0 heterocycles. The lowest BCUT2D eigenvalue weighted by Gasteiger charge is -2.34. The van der Waals surface area contributed by atoms with Crippen molar-refractivity contribution < 1.29 is 0 Å². The number of hydrogen-bond donors (Lipinski definition) is 1. The standard InChI is InChI=1S/C19H29N/c1-2-6-15-11-13-17(14-12-15)20-19-10-5-8-16-7-3-4-9-18(16)19/h3-4,7,9,15,17,19-20H,2,5-6,8,10-14H2,1H3. The molecular weight excluding hydrogens is 242 g/mol. The van der Waals surface area contributed by atoms with Gasteiger partial charge in [-0.1, -0.05) is 44.0 Å². The summed E-state index contributed by atoms with van der Waals surface area (Å²) in [6, 6.07) is 10.4. The molecule has 20 heavy (non-hydrogen) atoms. The number of hydrogen-bond acceptors (Lipinski definition) is 1. The Hall–Kier alpha value is -0.820. The predicted octanol–water partition coefficient (Wildman–Crippen LogP) is 5.01. The predicted molar refractivity (Wildman–Crippen MR) is 85.9 cm³/mol. The fourth-order valence-electron chi connectivity index (χ4n) is 4.24. The lowest BCUT2D eigenvalue weighted by Crippen LogP contribution is -2.37. The quantitative estimate of drug-likeness (QED) is 0.811. The van der Waals surface area contributed by atoms with Gasteiger partial charge in [-0.25, -0.2) is 0 Å². The van der Waals surface area contributed by atoms with Gasteiger partial charge in [0.05, 0.1) is 0 Å². The Labute approximate surface area is 124 Å². The summed E-state index contributed by atoms with van der Waals surface area (Å²) < 4.78 is 0. The van der Waals surface area contributed by atoms with Gasteiger partial charge in [0.25, 0.3) is 0 Å². The first-order valence-electron chi connectivity index (χ1n) is 8.70. The molecular formula is C19H29N. The van der Waals surface area contributed by atoms with Crippen molar-refractivity contribution in [2.24, 2.45) is 5.92 Å². The van der Waals surface area contributed by atoms with E-state index in [0.29, 0.717) is 6.04 Å². The second-order valence-electron chi connectivity index (χ2n) is 6.82. The van der Waals surface area contributed by atoms with E-state index in [1.165, 1.54) is 57.8 Å². The van der Waals surface area contributed by atoms with E-state index in [4.69, 9.17) is 0 Å². The molecule has 1 aromatic carbocycles. The Balaban J connectivity index is 1.57. The van der Waals surface area contributed by atoms with E-state index in [-0.39, 0.29) is 0 Å². The molecule has 1 heteroatoms. The molecule has 1 fully saturated rings. The van der Waals surface area contributed by atoms with Crippen LogP contribution in [0.25, 0.3) is 0 Å². The van der Waals surface area contributed by atoms with Gasteiger partial charge in [0.1, 0.15) is 0 Å². The van der Waals surface area contributed by atoms with Crippen molar-refractivity contribution in [2.75, 3.05) is 0 Å². The topological polar surface area (TPSA) is 12.0 Å². The Morgan fingerprint density at radius 3 is 2.65 bits per heavy atom. The fraction of sp³-hybridized carbons (Fsp3) is 0.684. The van der Waals surface area contributed by atoms with Gasteiger partial charge in [0.2, 0.25) is 0 Å². The summed E-state index contributed by atoms with van der Waals surface area (Å²) in [5, 5.41) is 3.98. The van der Waals surface area contributed by atoms with Crippen LogP contribution >= 0.6 is 0 Å². The van der Waals surface area contributed by atoms with Gasteiger partial charge in [-0.3, -0.25) is 0 Å². The van der Waals surface area contributed by atoms with Gasteiger partial charge in [-0.15, -0.1) is 0 Å². The molecule has 1 aromatic rings. The van der Waals surface area contributed by atoms with E-state index < -0.39 is 0 Å². The first kappa shape index (κ1) is 14.1.